The minimum Gasteiger partial charge on any atom is -0.399 e. The maximum Gasteiger partial charge on any atom is 0.168 e. The van der Waals surface area contributed by atoms with Crippen LogP contribution in [-0.4, -0.2) is 24.1 Å². The Balaban J connectivity index is 2.48. The van der Waals surface area contributed by atoms with Crippen LogP contribution < -0.4 is 0 Å². The Labute approximate surface area is 55.5 Å². The molecule has 1 N–H and O–H groups in total. The maximum absolute atomic E-state index is 13.0. The molecule has 3 heteroatoms. The van der Waals surface area contributed by atoms with Gasteiger partial charge in [0.1, 0.15) is 5.67 Å². The number of hydrogen-bond donors (Lipinski definition) is 1. The fourth-order valence-electron chi connectivity index (χ4n) is 1.41. The smallest absolute Gasteiger partial charge is 0.168 e. The Kier molecular flexibility index (Phi) is 1.55. The van der Waals surface area contributed by atoms with Crippen molar-refractivity contribution in [2.75, 3.05) is 0 Å². The topological polar surface area (TPSA) is 20.2 Å². The van der Waals surface area contributed by atoms with Gasteiger partial charge in [0.2, 0.25) is 0 Å². The molecular weight excluding hydrogens is 118 g/mol. The van der Waals surface area contributed by atoms with Crippen molar-refractivity contribution in [2.45, 2.75) is 37.8 Å². The minimum atomic E-state index is -1.30. The minimum absolute atomic E-state index is 0.0903. The van der Waals surface area contributed by atoms with Gasteiger partial charge in [-0.25, -0.2) is 4.39 Å². The van der Waals surface area contributed by atoms with Gasteiger partial charge in [-0.1, -0.05) is 13.3 Å². The normalized spacial score (nSPS) is 49.8. The first-order valence-electron chi connectivity index (χ1n) is 3.46. The van der Waals surface area contributed by atoms with Crippen molar-refractivity contribution in [3.05, 3.63) is 0 Å². The zero-order valence-electron chi connectivity index (χ0n) is 5.89. The number of aliphatic hydroxyl groups is 1. The fourth-order valence-corrected chi connectivity index (χ4v) is 1.41. The summed E-state index contributed by atoms with van der Waals surface area (Å²) in [4.78, 5) is 0. The van der Waals surface area contributed by atoms with Crippen LogP contribution in [0.2, 0.25) is 5.82 Å². The number of halogens is 1. The van der Waals surface area contributed by atoms with Crippen LogP contribution in [0.3, 0.4) is 0 Å². The van der Waals surface area contributed by atoms with E-state index in [0.717, 1.165) is 6.42 Å². The molecule has 0 bridgehead atoms. The van der Waals surface area contributed by atoms with E-state index in [0.29, 0.717) is 7.28 Å². The summed E-state index contributed by atoms with van der Waals surface area (Å²) in [5.74, 6) is 0.0903. The first kappa shape index (κ1) is 7.07. The van der Waals surface area contributed by atoms with Crippen LogP contribution in [0.15, 0.2) is 0 Å². The third-order valence-corrected chi connectivity index (χ3v) is 2.45. The fraction of sp³-hybridized carbons (Fsp3) is 1.00. The highest BCUT2D eigenvalue weighted by molar-refractivity contribution is 6.45. The molecule has 1 aliphatic rings. The molecule has 0 aromatic heterocycles. The van der Waals surface area contributed by atoms with Crippen LogP contribution in [-0.2, 0) is 0 Å². The quantitative estimate of drug-likeness (QED) is 0.517. The zero-order chi connectivity index (χ0) is 7.07. The van der Waals surface area contributed by atoms with Crippen molar-refractivity contribution in [3.8, 4) is 0 Å². The Bertz CT molecular complexity index is 116. The first-order valence-corrected chi connectivity index (χ1v) is 3.46. The Morgan fingerprint density at radius 2 is 2.33 bits per heavy atom. The van der Waals surface area contributed by atoms with Crippen LogP contribution >= 0.6 is 0 Å². The molecule has 0 aromatic rings. The average molecular weight is 130 g/mol. The van der Waals surface area contributed by atoms with E-state index in [1.165, 1.54) is 6.92 Å². The van der Waals surface area contributed by atoms with E-state index in [2.05, 4.69) is 0 Å². The van der Waals surface area contributed by atoms with Gasteiger partial charge in [-0.2, -0.15) is 0 Å². The summed E-state index contributed by atoms with van der Waals surface area (Å²) in [5.41, 5.74) is -1.30. The summed E-state index contributed by atoms with van der Waals surface area (Å²) in [6, 6.07) is -0.706. The third kappa shape index (κ3) is 0.875. The molecule has 0 saturated carbocycles. The number of rotatable bonds is 1. The molecular formula is C6H12BFO. The van der Waals surface area contributed by atoms with E-state index in [1.54, 1.807) is 0 Å². The number of aliphatic hydroxyl groups excluding tert-OH is 1. The van der Waals surface area contributed by atoms with Crippen LogP contribution in [0, 0.1) is 0 Å². The predicted molar refractivity (Wildman–Crippen MR) is 36.7 cm³/mol. The van der Waals surface area contributed by atoms with E-state index >= 15 is 0 Å². The van der Waals surface area contributed by atoms with Crippen molar-refractivity contribution in [3.63, 3.8) is 0 Å². The zero-order valence-corrected chi connectivity index (χ0v) is 5.89. The second kappa shape index (κ2) is 1.98. The van der Waals surface area contributed by atoms with E-state index < -0.39 is 11.7 Å². The van der Waals surface area contributed by atoms with Gasteiger partial charge in [-0.05, 0) is 12.7 Å². The molecule has 1 heterocycles. The summed E-state index contributed by atoms with van der Waals surface area (Å²) >= 11 is 0. The second-order valence-electron chi connectivity index (χ2n) is 3.01. The number of hydrogen-bond acceptors (Lipinski definition) is 1. The molecule has 3 atom stereocenters. The Morgan fingerprint density at radius 3 is 2.44 bits per heavy atom. The highest BCUT2D eigenvalue weighted by Gasteiger charge is 2.51. The predicted octanol–water partition coefficient (Wildman–Crippen LogP) is 0.682. The highest BCUT2D eigenvalue weighted by atomic mass is 19.1. The molecule has 1 fully saturated rings. The van der Waals surface area contributed by atoms with Gasteiger partial charge < -0.3 is 5.11 Å². The summed E-state index contributed by atoms with van der Waals surface area (Å²) in [5, 5.41) is 8.90. The lowest BCUT2D eigenvalue weighted by Gasteiger charge is -2.44. The molecule has 0 amide bonds. The maximum atomic E-state index is 13.0. The first-order chi connectivity index (χ1) is 4.09. The molecule has 1 nitrogen and oxygen atoms in total. The van der Waals surface area contributed by atoms with E-state index in [-0.39, 0.29) is 5.82 Å². The molecule has 52 valence electrons. The van der Waals surface area contributed by atoms with Gasteiger partial charge in [0.15, 0.2) is 7.28 Å². The molecule has 0 radical (unpaired) electrons. The highest BCUT2D eigenvalue weighted by Crippen LogP contribution is 2.42. The van der Waals surface area contributed by atoms with E-state index in [9.17, 15) is 4.39 Å². The summed E-state index contributed by atoms with van der Waals surface area (Å²) in [6.45, 7) is 3.43. The lowest BCUT2D eigenvalue weighted by atomic mass is 9.38. The standard InChI is InChI=1S/C6H12BFO/c1-3-4-6(2,8)5(9)7-4/h4-5,7,9H,3H2,1-2H3/t4-,5?,6?/m1/s1. The van der Waals surface area contributed by atoms with Gasteiger partial charge in [0, 0.05) is 0 Å². The van der Waals surface area contributed by atoms with Gasteiger partial charge in [0.25, 0.3) is 0 Å². The molecule has 1 rings (SSSR count). The molecule has 2 unspecified atom stereocenters. The van der Waals surface area contributed by atoms with Crippen molar-refractivity contribution < 1.29 is 9.50 Å². The molecule has 1 saturated heterocycles. The lowest BCUT2D eigenvalue weighted by molar-refractivity contribution is 0.0139. The van der Waals surface area contributed by atoms with Gasteiger partial charge >= 0.3 is 0 Å². The van der Waals surface area contributed by atoms with Gasteiger partial charge in [0.05, 0.1) is 6.00 Å². The molecule has 0 aliphatic carbocycles. The molecule has 0 spiro atoms. The Hall–Kier alpha value is -0.0451. The molecule has 0 aromatic carbocycles. The van der Waals surface area contributed by atoms with Gasteiger partial charge in [-0.15, -0.1) is 0 Å². The average Bonchev–Trinajstić information content (AvgIpc) is 1.82. The van der Waals surface area contributed by atoms with Crippen LogP contribution in [0.25, 0.3) is 0 Å². The van der Waals surface area contributed by atoms with E-state index in [1.807, 2.05) is 6.92 Å². The molecule has 1 aliphatic heterocycles. The summed E-state index contributed by atoms with van der Waals surface area (Å²) < 4.78 is 13.0. The van der Waals surface area contributed by atoms with Crippen LogP contribution in [0.4, 0.5) is 4.39 Å². The second-order valence-corrected chi connectivity index (χ2v) is 3.01. The largest absolute Gasteiger partial charge is 0.399 e. The Morgan fingerprint density at radius 1 is 1.78 bits per heavy atom. The SMILES string of the molecule is CC[C@H]1BC(O)C1(C)F. The third-order valence-electron chi connectivity index (χ3n) is 2.45. The van der Waals surface area contributed by atoms with Crippen LogP contribution in [0.5, 0.6) is 0 Å². The lowest BCUT2D eigenvalue weighted by Crippen LogP contribution is -2.57. The number of alkyl halides is 1. The van der Waals surface area contributed by atoms with Crippen molar-refractivity contribution in [1.29, 1.82) is 0 Å². The van der Waals surface area contributed by atoms with Crippen molar-refractivity contribution in [2.24, 2.45) is 0 Å². The van der Waals surface area contributed by atoms with Crippen LogP contribution in [0.1, 0.15) is 20.3 Å². The summed E-state index contributed by atoms with van der Waals surface area (Å²) in [6.07, 6.45) is 0.837. The molecule has 9 heavy (non-hydrogen) atoms. The monoisotopic (exact) mass is 130 g/mol. The van der Waals surface area contributed by atoms with Gasteiger partial charge in [-0.3, -0.25) is 0 Å². The summed E-state index contributed by atoms with van der Waals surface area (Å²) in [7, 11) is 0.642. The van der Waals surface area contributed by atoms with Crippen molar-refractivity contribution in [1.82, 2.24) is 0 Å². The van der Waals surface area contributed by atoms with Crippen molar-refractivity contribution >= 4 is 7.28 Å². The van der Waals surface area contributed by atoms with E-state index in [4.69, 9.17) is 5.11 Å².